The lowest BCUT2D eigenvalue weighted by atomic mass is 10.3. The summed E-state index contributed by atoms with van der Waals surface area (Å²) in [6, 6.07) is 0. The Morgan fingerprint density at radius 3 is 2.70 bits per heavy atom. The maximum absolute atomic E-state index is 10.9. The van der Waals surface area contributed by atoms with Crippen molar-refractivity contribution in [2.45, 2.75) is 16.6 Å². The van der Waals surface area contributed by atoms with Crippen LogP contribution in [0, 0.1) is 0 Å². The van der Waals surface area contributed by atoms with Crippen LogP contribution in [-0.2, 0) is 20.7 Å². The van der Waals surface area contributed by atoms with Gasteiger partial charge in [0.15, 0.2) is 5.65 Å². The Hall–Kier alpha value is -0.840. The van der Waals surface area contributed by atoms with Gasteiger partial charge in [0, 0.05) is 6.42 Å². The van der Waals surface area contributed by atoms with Gasteiger partial charge in [-0.2, -0.15) is 8.42 Å². The van der Waals surface area contributed by atoms with Crippen LogP contribution in [0.1, 0.15) is 5.69 Å². The molecule has 0 fully saturated rings. The van der Waals surface area contributed by atoms with Crippen molar-refractivity contribution in [3.05, 3.63) is 11.9 Å². The van der Waals surface area contributed by atoms with Crippen molar-refractivity contribution in [3.8, 4) is 0 Å². The van der Waals surface area contributed by atoms with Crippen LogP contribution >= 0.6 is 23.5 Å². The highest BCUT2D eigenvalue weighted by Gasteiger charge is 2.12. The Labute approximate surface area is 125 Å². The van der Waals surface area contributed by atoms with Crippen LogP contribution in [0.25, 0.3) is 5.65 Å². The quantitative estimate of drug-likeness (QED) is 0.573. The lowest BCUT2D eigenvalue weighted by Gasteiger charge is -2.05. The minimum atomic E-state index is -3.43. The molecule has 0 aliphatic heterocycles. The smallest absolute Gasteiger partial charge is 0.264 e. The molecule has 2 rings (SSSR count). The van der Waals surface area contributed by atoms with Gasteiger partial charge in [0.05, 0.1) is 24.8 Å². The van der Waals surface area contributed by atoms with Crippen molar-refractivity contribution in [1.29, 1.82) is 0 Å². The van der Waals surface area contributed by atoms with Crippen LogP contribution in [0.2, 0.25) is 0 Å². The first-order valence-corrected chi connectivity index (χ1v) is 9.88. The minimum absolute atomic E-state index is 0.0693. The second kappa shape index (κ2) is 6.29. The summed E-state index contributed by atoms with van der Waals surface area (Å²) in [5.74, 6) is 0. The summed E-state index contributed by atoms with van der Waals surface area (Å²) < 4.78 is 28.3. The molecule has 2 aromatic rings. The number of hydrogen-bond acceptors (Lipinski definition) is 8. The number of imidazole rings is 1. The Kier molecular flexibility index (Phi) is 4.89. The van der Waals surface area contributed by atoms with E-state index >= 15 is 0 Å². The van der Waals surface area contributed by atoms with E-state index in [1.54, 1.807) is 10.7 Å². The molecular weight excluding hydrogens is 320 g/mol. The molecule has 0 saturated heterocycles. The van der Waals surface area contributed by atoms with Gasteiger partial charge in [-0.15, -0.1) is 16.9 Å². The predicted octanol–water partition coefficient (Wildman–Crippen LogP) is 1.09. The first-order chi connectivity index (χ1) is 9.44. The summed E-state index contributed by atoms with van der Waals surface area (Å²) in [4.78, 5) is 8.66. The molecule has 20 heavy (non-hydrogen) atoms. The normalized spacial score (nSPS) is 12.2. The fourth-order valence-corrected chi connectivity index (χ4v) is 2.86. The van der Waals surface area contributed by atoms with E-state index < -0.39 is 10.1 Å². The van der Waals surface area contributed by atoms with Crippen molar-refractivity contribution < 1.29 is 12.6 Å². The average molecular weight is 334 g/mol. The summed E-state index contributed by atoms with van der Waals surface area (Å²) in [6.45, 7) is 0.0693. The maximum Gasteiger partial charge on any atom is 0.264 e. The maximum atomic E-state index is 10.9. The number of aromatic nitrogens is 4. The third kappa shape index (κ3) is 3.62. The largest absolute Gasteiger partial charge is 0.270 e. The molecule has 0 spiro atoms. The van der Waals surface area contributed by atoms with E-state index in [4.69, 9.17) is 4.18 Å². The minimum Gasteiger partial charge on any atom is -0.270 e. The molecular formula is C10H14N4O3S3. The molecule has 7 nitrogen and oxygen atoms in total. The van der Waals surface area contributed by atoms with E-state index in [0.29, 0.717) is 17.2 Å². The van der Waals surface area contributed by atoms with Gasteiger partial charge in [-0.3, -0.25) is 4.18 Å². The predicted molar refractivity (Wildman–Crippen MR) is 78.8 cm³/mol. The SMILES string of the molecule is CSc1nc(SC)c2ncc(CCOS(C)(=O)=O)n2n1. The first kappa shape index (κ1) is 15.5. The van der Waals surface area contributed by atoms with Crippen molar-refractivity contribution in [1.82, 2.24) is 19.6 Å². The third-order valence-corrected chi connectivity index (χ3v) is 4.21. The van der Waals surface area contributed by atoms with Crippen LogP contribution in [0.5, 0.6) is 0 Å². The first-order valence-electron chi connectivity index (χ1n) is 5.61. The van der Waals surface area contributed by atoms with Crippen LogP contribution in [0.4, 0.5) is 0 Å². The van der Waals surface area contributed by atoms with Crippen LogP contribution in [0.15, 0.2) is 16.4 Å². The highest BCUT2D eigenvalue weighted by molar-refractivity contribution is 7.99. The van der Waals surface area contributed by atoms with Crippen molar-refractivity contribution in [3.63, 3.8) is 0 Å². The summed E-state index contributed by atoms with van der Waals surface area (Å²) in [5, 5.41) is 5.80. The highest BCUT2D eigenvalue weighted by Crippen LogP contribution is 2.21. The fraction of sp³-hybridized carbons (Fsp3) is 0.500. The zero-order valence-corrected chi connectivity index (χ0v) is 13.7. The molecule has 0 bridgehead atoms. The highest BCUT2D eigenvalue weighted by atomic mass is 32.2. The Morgan fingerprint density at radius 1 is 1.35 bits per heavy atom. The van der Waals surface area contributed by atoms with Gasteiger partial charge in [0.25, 0.3) is 10.1 Å². The Balaban J connectivity index is 2.30. The van der Waals surface area contributed by atoms with Crippen molar-refractivity contribution >= 4 is 39.3 Å². The number of thioether (sulfide) groups is 2. The molecule has 0 aliphatic rings. The lowest BCUT2D eigenvalue weighted by molar-refractivity contribution is 0.323. The fourth-order valence-electron chi connectivity index (χ4n) is 1.57. The number of hydrogen-bond donors (Lipinski definition) is 0. The van der Waals surface area contributed by atoms with E-state index in [0.717, 1.165) is 17.0 Å². The molecule has 0 saturated carbocycles. The zero-order valence-electron chi connectivity index (χ0n) is 11.2. The van der Waals surface area contributed by atoms with E-state index in [9.17, 15) is 8.42 Å². The van der Waals surface area contributed by atoms with Gasteiger partial charge in [-0.25, -0.2) is 14.5 Å². The second-order valence-electron chi connectivity index (χ2n) is 3.87. The van der Waals surface area contributed by atoms with Crippen molar-refractivity contribution in [2.75, 3.05) is 25.4 Å². The summed E-state index contributed by atoms with van der Waals surface area (Å²) in [7, 11) is -3.43. The molecule has 110 valence electrons. The molecule has 2 heterocycles. The van der Waals surface area contributed by atoms with Gasteiger partial charge in [-0.05, 0) is 12.5 Å². The Bertz CT molecular complexity index is 714. The van der Waals surface area contributed by atoms with Gasteiger partial charge < -0.3 is 0 Å². The molecule has 10 heteroatoms. The van der Waals surface area contributed by atoms with E-state index in [1.165, 1.54) is 23.5 Å². The standard InChI is InChI=1S/C10H14N4O3S3/c1-18-9-8-11-6-7(4-5-17-20(3,15)16)14(8)13-10(12-9)19-2/h6H,4-5H2,1-3H3. The zero-order chi connectivity index (χ0) is 14.8. The molecule has 0 N–H and O–H groups in total. The van der Waals surface area contributed by atoms with Crippen LogP contribution in [0.3, 0.4) is 0 Å². The molecule has 0 amide bonds. The molecule has 0 atom stereocenters. The number of fused-ring (bicyclic) bond motifs is 1. The second-order valence-corrected chi connectivity index (χ2v) is 7.08. The molecule has 2 aromatic heterocycles. The number of rotatable bonds is 6. The monoisotopic (exact) mass is 334 g/mol. The van der Waals surface area contributed by atoms with E-state index in [2.05, 4.69) is 15.1 Å². The summed E-state index contributed by atoms with van der Waals surface area (Å²) in [5.41, 5.74) is 1.46. The van der Waals surface area contributed by atoms with Gasteiger partial charge in [-0.1, -0.05) is 11.8 Å². The molecule has 0 aromatic carbocycles. The van der Waals surface area contributed by atoms with Crippen LogP contribution < -0.4 is 0 Å². The topological polar surface area (TPSA) is 86.5 Å². The van der Waals surface area contributed by atoms with Crippen molar-refractivity contribution in [2.24, 2.45) is 0 Å². The third-order valence-electron chi connectivity index (χ3n) is 2.41. The summed E-state index contributed by atoms with van der Waals surface area (Å²) in [6.07, 6.45) is 6.93. The van der Waals surface area contributed by atoms with Gasteiger partial charge in [0.1, 0.15) is 5.03 Å². The molecule has 0 aliphatic carbocycles. The molecule has 0 radical (unpaired) electrons. The van der Waals surface area contributed by atoms with Gasteiger partial charge in [0.2, 0.25) is 5.16 Å². The lowest BCUT2D eigenvalue weighted by Crippen LogP contribution is -2.09. The average Bonchev–Trinajstić information content (AvgIpc) is 2.79. The van der Waals surface area contributed by atoms with Crippen LogP contribution in [-0.4, -0.2) is 53.4 Å². The van der Waals surface area contributed by atoms with E-state index in [-0.39, 0.29) is 6.61 Å². The van der Waals surface area contributed by atoms with E-state index in [1.807, 2.05) is 12.5 Å². The summed E-state index contributed by atoms with van der Waals surface area (Å²) >= 11 is 2.94. The number of nitrogens with zero attached hydrogens (tertiary/aromatic N) is 4. The molecule has 0 unspecified atom stereocenters. The van der Waals surface area contributed by atoms with Gasteiger partial charge >= 0.3 is 0 Å². The Morgan fingerprint density at radius 2 is 2.10 bits per heavy atom.